The molecule has 1 aliphatic heterocycles. The number of rotatable bonds is 16. The van der Waals surface area contributed by atoms with Gasteiger partial charge in [-0.2, -0.15) is 0 Å². The molecule has 36 heavy (non-hydrogen) atoms. The third kappa shape index (κ3) is 10.9. The van der Waals surface area contributed by atoms with Gasteiger partial charge in [0.1, 0.15) is 0 Å². The van der Waals surface area contributed by atoms with Crippen LogP contribution in [0.25, 0.3) is 0 Å². The van der Waals surface area contributed by atoms with Gasteiger partial charge in [-0.1, -0.05) is 51.3 Å². The predicted octanol–water partition coefficient (Wildman–Crippen LogP) is 6.74. The fourth-order valence-electron chi connectivity index (χ4n) is 4.03. The van der Waals surface area contributed by atoms with E-state index < -0.39 is 0 Å². The lowest BCUT2D eigenvalue weighted by Gasteiger charge is -2.11. The summed E-state index contributed by atoms with van der Waals surface area (Å²) < 4.78 is 27.6. The minimum atomic E-state index is 0.305. The zero-order chi connectivity index (χ0) is 26.0. The second kappa shape index (κ2) is 18.1. The van der Waals surface area contributed by atoms with Gasteiger partial charge in [-0.3, -0.25) is 4.79 Å². The van der Waals surface area contributed by atoms with Gasteiger partial charge >= 0.3 is 0 Å². The summed E-state index contributed by atoms with van der Waals surface area (Å²) in [7, 11) is 0. The molecule has 0 N–H and O–H groups in total. The third-order valence-electron chi connectivity index (χ3n) is 6.16. The largest absolute Gasteiger partial charge is 0.454 e. The quantitative estimate of drug-likeness (QED) is 0.184. The molecule has 6 heteroatoms. The van der Waals surface area contributed by atoms with E-state index in [1.807, 2.05) is 6.07 Å². The van der Waals surface area contributed by atoms with Crippen molar-refractivity contribution in [1.29, 1.82) is 0 Å². The maximum Gasteiger partial charge on any atom is 0.231 e. The number of carbonyl (C=O) groups is 1. The minimum absolute atomic E-state index is 0.305. The van der Waals surface area contributed by atoms with E-state index in [9.17, 15) is 4.79 Å². The van der Waals surface area contributed by atoms with E-state index in [1.54, 1.807) is 0 Å². The summed E-state index contributed by atoms with van der Waals surface area (Å²) >= 11 is 0. The predicted molar refractivity (Wildman–Crippen MR) is 144 cm³/mol. The highest BCUT2D eigenvalue weighted by Gasteiger charge is 2.18. The van der Waals surface area contributed by atoms with E-state index in [-0.39, 0.29) is 0 Å². The fourth-order valence-corrected chi connectivity index (χ4v) is 4.03. The number of hydrogen-bond donors (Lipinski definition) is 0. The van der Waals surface area contributed by atoms with Crippen LogP contribution in [0.3, 0.4) is 0 Å². The van der Waals surface area contributed by atoms with Gasteiger partial charge in [-0.15, -0.1) is 0 Å². The maximum atomic E-state index is 11.3. The average molecular weight is 503 g/mol. The van der Waals surface area contributed by atoms with E-state index in [1.165, 1.54) is 16.7 Å². The Hall–Kier alpha value is -2.15. The van der Waals surface area contributed by atoms with Gasteiger partial charge in [-0.05, 0) is 67.9 Å². The highest BCUT2D eigenvalue weighted by Crippen LogP contribution is 2.35. The number of Topliss-reactive ketones (excluding diaryl/α,β-unsaturated/α-hetero) is 1. The summed E-state index contributed by atoms with van der Waals surface area (Å²) in [6.07, 6.45) is 12.2. The number of unbranched alkanes of at least 4 members (excludes halogenated alkanes) is 1. The number of carbonyl (C=O) groups excluding carboxylic acids is 1. The molecule has 0 aromatic heterocycles. The molecule has 1 heterocycles. The van der Waals surface area contributed by atoms with Crippen molar-refractivity contribution in [2.24, 2.45) is 0 Å². The first-order valence-electron chi connectivity index (χ1n) is 13.6. The van der Waals surface area contributed by atoms with Crippen molar-refractivity contribution in [3.63, 3.8) is 0 Å². The van der Waals surface area contributed by atoms with Crippen LogP contribution >= 0.6 is 0 Å². The molecule has 3 rings (SSSR count). The summed E-state index contributed by atoms with van der Waals surface area (Å²) in [6, 6.07) is 4.12. The Bertz CT molecular complexity index is 842. The van der Waals surface area contributed by atoms with Crippen molar-refractivity contribution >= 4 is 5.78 Å². The summed E-state index contributed by atoms with van der Waals surface area (Å²) in [5.74, 6) is 2.01. The Morgan fingerprint density at radius 1 is 0.833 bits per heavy atom. The first-order chi connectivity index (χ1) is 17.6. The van der Waals surface area contributed by atoms with E-state index in [0.717, 1.165) is 75.0 Å². The number of benzene rings is 1. The molecule has 0 unspecified atom stereocenters. The Balaban J connectivity index is 0.000000319. The van der Waals surface area contributed by atoms with E-state index >= 15 is 0 Å². The second-order valence-electron chi connectivity index (χ2n) is 9.12. The van der Waals surface area contributed by atoms with Crippen LogP contribution < -0.4 is 9.47 Å². The first kappa shape index (κ1) is 30.1. The fraction of sp³-hybridized carbons (Fsp3) is 0.633. The van der Waals surface area contributed by atoms with Crippen LogP contribution in [-0.2, 0) is 32.0 Å². The molecule has 0 radical (unpaired) electrons. The van der Waals surface area contributed by atoms with Crippen molar-refractivity contribution in [2.45, 2.75) is 85.7 Å². The number of aryl methyl sites for hydroxylation is 1. The molecule has 202 valence electrons. The average Bonchev–Trinajstić information content (AvgIpc) is 3.46. The molecule has 1 aliphatic carbocycles. The Kier molecular flexibility index (Phi) is 15.2. The first-order valence-corrected chi connectivity index (χ1v) is 13.6. The van der Waals surface area contributed by atoms with Gasteiger partial charge in [0.2, 0.25) is 6.79 Å². The highest BCUT2D eigenvalue weighted by atomic mass is 16.7. The van der Waals surface area contributed by atoms with Crippen LogP contribution in [0, 0.1) is 0 Å². The number of allylic oxidation sites excluding steroid dienone is 4. The van der Waals surface area contributed by atoms with Crippen LogP contribution in [0.4, 0.5) is 0 Å². The number of fused-ring (bicyclic) bond motifs is 1. The Morgan fingerprint density at radius 3 is 2.11 bits per heavy atom. The van der Waals surface area contributed by atoms with Crippen LogP contribution in [0.1, 0.15) is 83.8 Å². The molecule has 1 aromatic rings. The molecule has 2 aliphatic rings. The number of hydrogen-bond acceptors (Lipinski definition) is 6. The highest BCUT2D eigenvalue weighted by molar-refractivity contribution is 5.98. The standard InChI is InChI=1S/C19H30O5.C11H16O/c1-3-5-7-20-8-9-21-10-11-22-14-17-13-19-18(23-15-24-19)12-16(17)6-4-2;1-3-4-5-6-10-9(2)7-8-11(10)12/h12-13H,3-11,14-15H2,1-2H3;4-5H,3,6-8H2,1-2H3/b;5-4-. The SMILES string of the molecule is CC/C=C\CC1=C(C)CCC1=O.CCCCOCCOCCOCc1cc2c(cc1CCC)OCO2. The topological polar surface area (TPSA) is 63.2 Å². The zero-order valence-electron chi connectivity index (χ0n) is 22.9. The molecular weight excluding hydrogens is 456 g/mol. The van der Waals surface area contributed by atoms with E-state index in [2.05, 4.69) is 45.9 Å². The van der Waals surface area contributed by atoms with Crippen LogP contribution in [0.2, 0.25) is 0 Å². The maximum absolute atomic E-state index is 11.3. The minimum Gasteiger partial charge on any atom is -0.454 e. The lowest BCUT2D eigenvalue weighted by Crippen LogP contribution is -2.10. The van der Waals surface area contributed by atoms with Gasteiger partial charge < -0.3 is 23.7 Å². The van der Waals surface area contributed by atoms with Crippen molar-refractivity contribution < 1.29 is 28.5 Å². The second-order valence-corrected chi connectivity index (χ2v) is 9.12. The van der Waals surface area contributed by atoms with Gasteiger partial charge in [0.15, 0.2) is 17.3 Å². The Labute approximate surface area is 218 Å². The van der Waals surface area contributed by atoms with Crippen LogP contribution in [-0.4, -0.2) is 45.6 Å². The Morgan fingerprint density at radius 2 is 1.50 bits per heavy atom. The number of ketones is 1. The van der Waals surface area contributed by atoms with Gasteiger partial charge in [0.25, 0.3) is 0 Å². The molecule has 0 saturated heterocycles. The zero-order valence-corrected chi connectivity index (χ0v) is 22.9. The molecule has 6 nitrogen and oxygen atoms in total. The van der Waals surface area contributed by atoms with Gasteiger partial charge in [-0.25, -0.2) is 0 Å². The van der Waals surface area contributed by atoms with Gasteiger partial charge in [0.05, 0.1) is 33.0 Å². The molecule has 0 amide bonds. The number of ether oxygens (including phenoxy) is 5. The molecule has 1 aromatic carbocycles. The van der Waals surface area contributed by atoms with Crippen molar-refractivity contribution in [2.75, 3.05) is 39.8 Å². The molecule has 0 fully saturated rings. The smallest absolute Gasteiger partial charge is 0.231 e. The van der Waals surface area contributed by atoms with Crippen molar-refractivity contribution in [3.05, 3.63) is 46.6 Å². The van der Waals surface area contributed by atoms with Gasteiger partial charge in [0, 0.05) is 13.0 Å². The normalized spacial score (nSPS) is 14.6. The third-order valence-corrected chi connectivity index (χ3v) is 6.16. The summed E-state index contributed by atoms with van der Waals surface area (Å²) in [5, 5.41) is 0. The molecular formula is C30H46O6. The van der Waals surface area contributed by atoms with Crippen molar-refractivity contribution in [1.82, 2.24) is 0 Å². The monoisotopic (exact) mass is 502 g/mol. The summed E-state index contributed by atoms with van der Waals surface area (Å²) in [5.41, 5.74) is 4.79. The molecule has 0 spiro atoms. The van der Waals surface area contributed by atoms with Crippen LogP contribution in [0.5, 0.6) is 11.5 Å². The molecule has 0 saturated carbocycles. The molecule has 0 atom stereocenters. The van der Waals surface area contributed by atoms with E-state index in [4.69, 9.17) is 23.7 Å². The van der Waals surface area contributed by atoms with Crippen LogP contribution in [0.15, 0.2) is 35.4 Å². The summed E-state index contributed by atoms with van der Waals surface area (Å²) in [6.45, 7) is 12.6. The summed E-state index contributed by atoms with van der Waals surface area (Å²) in [4.78, 5) is 11.3. The van der Waals surface area contributed by atoms with E-state index in [0.29, 0.717) is 45.6 Å². The lowest BCUT2D eigenvalue weighted by molar-refractivity contribution is -0.114. The molecule has 0 bridgehead atoms. The lowest BCUT2D eigenvalue weighted by atomic mass is 10.0. The van der Waals surface area contributed by atoms with Crippen molar-refractivity contribution in [3.8, 4) is 11.5 Å².